The van der Waals surface area contributed by atoms with Gasteiger partial charge < -0.3 is 10.2 Å². The third-order valence-electron chi connectivity index (χ3n) is 4.80. The van der Waals surface area contributed by atoms with Crippen LogP contribution in [-0.2, 0) is 0 Å². The number of carbonyl (C=O) groups is 1. The summed E-state index contributed by atoms with van der Waals surface area (Å²) in [5.74, 6) is 0.620. The van der Waals surface area contributed by atoms with Crippen molar-refractivity contribution in [3.05, 3.63) is 18.0 Å². The van der Waals surface area contributed by atoms with Gasteiger partial charge in [-0.05, 0) is 44.2 Å². The van der Waals surface area contributed by atoms with Gasteiger partial charge in [-0.3, -0.25) is 9.48 Å². The molecule has 0 aromatic carbocycles. The number of nitrogens with zero attached hydrogens (tertiary/aromatic N) is 3. The summed E-state index contributed by atoms with van der Waals surface area (Å²) >= 11 is 0. The maximum Gasteiger partial charge on any atom is 0.274 e. The molecule has 0 saturated carbocycles. The number of nitrogens with one attached hydrogen (secondary N) is 1. The minimum Gasteiger partial charge on any atom is -0.334 e. The normalized spacial score (nSPS) is 26.5. The Bertz CT molecular complexity index is 490. The number of hydrogen-bond donors (Lipinski definition) is 1. The van der Waals surface area contributed by atoms with Crippen LogP contribution in [-0.4, -0.2) is 46.3 Å². The molecule has 2 aliphatic rings. The molecule has 5 heteroatoms. The summed E-state index contributed by atoms with van der Waals surface area (Å²) in [6, 6.07) is 2.64. The maximum absolute atomic E-state index is 12.7. The Morgan fingerprint density at radius 2 is 2.24 bits per heavy atom. The first-order chi connectivity index (χ1) is 10.2. The second-order valence-electron chi connectivity index (χ2n) is 6.63. The molecule has 5 nitrogen and oxygen atoms in total. The van der Waals surface area contributed by atoms with Gasteiger partial charge in [0.1, 0.15) is 5.69 Å². The molecule has 0 radical (unpaired) electrons. The van der Waals surface area contributed by atoms with Crippen LogP contribution in [0.4, 0.5) is 0 Å². The number of hydrogen-bond acceptors (Lipinski definition) is 3. The van der Waals surface area contributed by atoms with Gasteiger partial charge in [0.25, 0.3) is 5.91 Å². The van der Waals surface area contributed by atoms with Crippen molar-refractivity contribution in [3.63, 3.8) is 0 Å². The van der Waals surface area contributed by atoms with Crippen molar-refractivity contribution in [1.29, 1.82) is 0 Å². The summed E-state index contributed by atoms with van der Waals surface area (Å²) in [5, 5.41) is 7.95. The molecule has 0 bridgehead atoms. The number of aromatic nitrogens is 2. The Kier molecular flexibility index (Phi) is 4.29. The van der Waals surface area contributed by atoms with E-state index in [1.165, 1.54) is 6.42 Å². The highest BCUT2D eigenvalue weighted by Gasteiger charge is 2.32. The second kappa shape index (κ2) is 6.18. The van der Waals surface area contributed by atoms with Crippen LogP contribution in [0.2, 0.25) is 0 Å². The fourth-order valence-corrected chi connectivity index (χ4v) is 3.60. The zero-order chi connectivity index (χ0) is 14.8. The average Bonchev–Trinajstić information content (AvgIpc) is 3.17. The fourth-order valence-electron chi connectivity index (χ4n) is 3.60. The van der Waals surface area contributed by atoms with Gasteiger partial charge >= 0.3 is 0 Å². The van der Waals surface area contributed by atoms with Gasteiger partial charge in [-0.2, -0.15) is 5.10 Å². The second-order valence-corrected chi connectivity index (χ2v) is 6.63. The Hall–Kier alpha value is -1.36. The summed E-state index contributed by atoms with van der Waals surface area (Å²) in [7, 11) is 0. The molecular weight excluding hydrogens is 264 g/mol. The smallest absolute Gasteiger partial charge is 0.274 e. The van der Waals surface area contributed by atoms with Crippen molar-refractivity contribution in [2.45, 2.75) is 51.6 Å². The first-order valence-corrected chi connectivity index (χ1v) is 8.23. The van der Waals surface area contributed by atoms with Crippen molar-refractivity contribution in [2.75, 3.05) is 19.6 Å². The number of amides is 1. The molecule has 1 aromatic heterocycles. The van der Waals surface area contributed by atoms with E-state index in [-0.39, 0.29) is 5.91 Å². The van der Waals surface area contributed by atoms with Gasteiger partial charge in [0.05, 0.1) is 6.04 Å². The van der Waals surface area contributed by atoms with Crippen molar-refractivity contribution in [3.8, 4) is 0 Å². The first kappa shape index (κ1) is 14.6. The van der Waals surface area contributed by atoms with Crippen LogP contribution in [0.5, 0.6) is 0 Å². The summed E-state index contributed by atoms with van der Waals surface area (Å²) in [4.78, 5) is 14.7. The molecule has 0 spiro atoms. The standard InChI is InChI=1S/C16H26N4O/c1-12(2)15-6-4-9-19(15)16(21)14-7-10-20(18-14)13-5-3-8-17-11-13/h7,10,12-13,15,17H,3-6,8-9,11H2,1-2H3. The SMILES string of the molecule is CC(C)C1CCCN1C(=O)c1ccn(C2CCCNC2)n1. The van der Waals surface area contributed by atoms with Crippen LogP contribution in [0.3, 0.4) is 0 Å². The Morgan fingerprint density at radius 1 is 1.38 bits per heavy atom. The minimum absolute atomic E-state index is 0.105. The average molecular weight is 290 g/mol. The van der Waals surface area contributed by atoms with E-state index in [9.17, 15) is 4.79 Å². The van der Waals surface area contributed by atoms with E-state index in [1.807, 2.05) is 21.8 Å². The van der Waals surface area contributed by atoms with E-state index < -0.39 is 0 Å². The van der Waals surface area contributed by atoms with Gasteiger partial charge in [0, 0.05) is 25.3 Å². The topological polar surface area (TPSA) is 50.2 Å². The highest BCUT2D eigenvalue weighted by atomic mass is 16.2. The van der Waals surface area contributed by atoms with E-state index in [2.05, 4.69) is 24.3 Å². The summed E-state index contributed by atoms with van der Waals surface area (Å²) in [6.07, 6.45) is 6.51. The van der Waals surface area contributed by atoms with Crippen molar-refractivity contribution >= 4 is 5.91 Å². The Balaban J connectivity index is 1.71. The molecular formula is C16H26N4O. The summed E-state index contributed by atoms with van der Waals surface area (Å²) in [5.41, 5.74) is 0.605. The first-order valence-electron chi connectivity index (χ1n) is 8.23. The van der Waals surface area contributed by atoms with Crippen LogP contribution in [0.15, 0.2) is 12.3 Å². The van der Waals surface area contributed by atoms with E-state index >= 15 is 0 Å². The number of carbonyl (C=O) groups excluding carboxylic acids is 1. The number of piperidine rings is 1. The highest BCUT2D eigenvalue weighted by Crippen LogP contribution is 2.25. The lowest BCUT2D eigenvalue weighted by Crippen LogP contribution is -2.39. The van der Waals surface area contributed by atoms with Gasteiger partial charge in [0.2, 0.25) is 0 Å². The minimum atomic E-state index is 0.105. The molecule has 116 valence electrons. The van der Waals surface area contributed by atoms with Crippen molar-refractivity contribution in [1.82, 2.24) is 20.0 Å². The molecule has 2 fully saturated rings. The Labute approximate surface area is 126 Å². The van der Waals surface area contributed by atoms with Gasteiger partial charge in [-0.15, -0.1) is 0 Å². The summed E-state index contributed by atoms with van der Waals surface area (Å²) < 4.78 is 1.97. The van der Waals surface area contributed by atoms with Crippen LogP contribution < -0.4 is 5.32 Å². The predicted octanol–water partition coefficient (Wildman–Crippen LogP) is 2.07. The molecule has 2 saturated heterocycles. The summed E-state index contributed by atoms with van der Waals surface area (Å²) in [6.45, 7) is 7.31. The van der Waals surface area contributed by atoms with Crippen LogP contribution in [0, 0.1) is 5.92 Å². The van der Waals surface area contributed by atoms with E-state index in [0.717, 1.165) is 38.9 Å². The lowest BCUT2D eigenvalue weighted by atomic mass is 10.0. The zero-order valence-electron chi connectivity index (χ0n) is 13.1. The molecule has 0 aliphatic carbocycles. The third kappa shape index (κ3) is 2.98. The molecule has 1 aromatic rings. The largest absolute Gasteiger partial charge is 0.334 e. The molecule has 1 amide bonds. The van der Waals surface area contributed by atoms with Gasteiger partial charge in [0.15, 0.2) is 0 Å². The predicted molar refractivity (Wildman–Crippen MR) is 82.3 cm³/mol. The van der Waals surface area contributed by atoms with Gasteiger partial charge in [-0.25, -0.2) is 0 Å². The molecule has 2 unspecified atom stereocenters. The van der Waals surface area contributed by atoms with Crippen LogP contribution in [0.25, 0.3) is 0 Å². The highest BCUT2D eigenvalue weighted by molar-refractivity contribution is 5.92. The third-order valence-corrected chi connectivity index (χ3v) is 4.80. The Morgan fingerprint density at radius 3 is 2.95 bits per heavy atom. The van der Waals surface area contributed by atoms with E-state index in [4.69, 9.17) is 0 Å². The molecule has 3 heterocycles. The van der Waals surface area contributed by atoms with Gasteiger partial charge in [-0.1, -0.05) is 13.8 Å². The molecule has 1 N–H and O–H groups in total. The number of likely N-dealkylation sites (tertiary alicyclic amines) is 1. The molecule has 21 heavy (non-hydrogen) atoms. The van der Waals surface area contributed by atoms with Crippen LogP contribution in [0.1, 0.15) is 56.1 Å². The van der Waals surface area contributed by atoms with Crippen LogP contribution >= 0.6 is 0 Å². The van der Waals surface area contributed by atoms with E-state index in [0.29, 0.717) is 23.7 Å². The lowest BCUT2D eigenvalue weighted by molar-refractivity contribution is 0.0694. The molecule has 2 aliphatic heterocycles. The zero-order valence-corrected chi connectivity index (χ0v) is 13.1. The van der Waals surface area contributed by atoms with Crippen molar-refractivity contribution in [2.24, 2.45) is 5.92 Å². The van der Waals surface area contributed by atoms with E-state index in [1.54, 1.807) is 0 Å². The fraction of sp³-hybridized carbons (Fsp3) is 0.750. The number of rotatable bonds is 3. The molecule has 3 rings (SSSR count). The maximum atomic E-state index is 12.7. The quantitative estimate of drug-likeness (QED) is 0.927. The monoisotopic (exact) mass is 290 g/mol. The molecule has 2 atom stereocenters. The van der Waals surface area contributed by atoms with Crippen molar-refractivity contribution < 1.29 is 4.79 Å². The lowest BCUT2D eigenvalue weighted by Gasteiger charge is -2.27.